The van der Waals surface area contributed by atoms with E-state index in [0.29, 0.717) is 12.5 Å². The van der Waals surface area contributed by atoms with Crippen molar-refractivity contribution in [1.82, 2.24) is 4.90 Å². The summed E-state index contributed by atoms with van der Waals surface area (Å²) in [6, 6.07) is 9.25. The lowest BCUT2D eigenvalue weighted by atomic mass is 9.79. The maximum atomic E-state index is 13.1. The maximum absolute atomic E-state index is 13.1. The number of likely N-dealkylation sites (tertiary alicyclic amines) is 1. The van der Waals surface area contributed by atoms with Gasteiger partial charge in [-0.15, -0.1) is 0 Å². The fourth-order valence-corrected chi connectivity index (χ4v) is 5.85. The fourth-order valence-electron chi connectivity index (χ4n) is 5.85. The first kappa shape index (κ1) is 19.9. The zero-order valence-corrected chi connectivity index (χ0v) is 17.5. The number of hydrogen-bond donors (Lipinski definition) is 1. The molecule has 2 aliphatic heterocycles. The summed E-state index contributed by atoms with van der Waals surface area (Å²) >= 11 is 0. The van der Waals surface area contributed by atoms with Gasteiger partial charge < -0.3 is 14.9 Å². The average Bonchev–Trinajstić information content (AvgIpc) is 3.00. The monoisotopic (exact) mass is 384 g/mol. The number of fused-ring (bicyclic) bond motifs is 1. The van der Waals surface area contributed by atoms with E-state index in [1.165, 1.54) is 25.7 Å². The number of benzene rings is 1. The third kappa shape index (κ3) is 3.73. The van der Waals surface area contributed by atoms with Crippen LogP contribution < -0.4 is 4.90 Å². The van der Waals surface area contributed by atoms with Crippen molar-refractivity contribution < 1.29 is 9.90 Å². The second kappa shape index (κ2) is 8.54. The van der Waals surface area contributed by atoms with Crippen LogP contribution in [0.2, 0.25) is 0 Å². The Morgan fingerprint density at radius 1 is 1.00 bits per heavy atom. The minimum Gasteiger partial charge on any atom is -0.396 e. The standard InChI is InChI=1S/C24H36N2O2/c1-17(2)18-7-9-19(10-8-18)25-14-11-20(12-15-25)26-23-6-4-3-5-21(23)22(13-16-27)24(26)28/h3-6,17-20,22,27H,7-16H2,1-2H3/t18-,19+,22?. The van der Waals surface area contributed by atoms with Crippen LogP contribution in [0.25, 0.3) is 0 Å². The molecule has 154 valence electrons. The number of aliphatic hydroxyl groups is 1. The van der Waals surface area contributed by atoms with Crippen molar-refractivity contribution in [1.29, 1.82) is 0 Å². The number of aliphatic hydroxyl groups excluding tert-OH is 1. The zero-order valence-electron chi connectivity index (χ0n) is 17.5. The Labute approximate surface area is 169 Å². The number of carbonyl (C=O) groups excluding carboxylic acids is 1. The summed E-state index contributed by atoms with van der Waals surface area (Å²) in [5, 5.41) is 9.42. The Morgan fingerprint density at radius 3 is 2.32 bits per heavy atom. The predicted molar refractivity (Wildman–Crippen MR) is 114 cm³/mol. The molecular formula is C24H36N2O2. The summed E-state index contributed by atoms with van der Waals surface area (Å²) in [7, 11) is 0. The smallest absolute Gasteiger partial charge is 0.234 e. The largest absolute Gasteiger partial charge is 0.396 e. The molecule has 4 rings (SSSR count). The first-order valence-electron chi connectivity index (χ1n) is 11.4. The Balaban J connectivity index is 1.38. The molecule has 4 nitrogen and oxygen atoms in total. The van der Waals surface area contributed by atoms with Crippen LogP contribution in [0.3, 0.4) is 0 Å². The molecule has 1 aromatic rings. The molecule has 1 aromatic carbocycles. The molecule has 4 heteroatoms. The predicted octanol–water partition coefficient (Wildman–Crippen LogP) is 4.18. The first-order valence-corrected chi connectivity index (χ1v) is 11.4. The molecule has 2 fully saturated rings. The van der Waals surface area contributed by atoms with Gasteiger partial charge in [0.2, 0.25) is 5.91 Å². The second-order valence-corrected chi connectivity index (χ2v) is 9.41. The molecule has 0 radical (unpaired) electrons. The van der Waals surface area contributed by atoms with Gasteiger partial charge in [0, 0.05) is 37.5 Å². The number of para-hydroxylation sites is 1. The molecule has 1 saturated carbocycles. The average molecular weight is 385 g/mol. The van der Waals surface area contributed by atoms with Gasteiger partial charge in [-0.2, -0.15) is 0 Å². The zero-order chi connectivity index (χ0) is 19.7. The highest BCUT2D eigenvalue weighted by Gasteiger charge is 2.41. The van der Waals surface area contributed by atoms with Crippen molar-refractivity contribution >= 4 is 11.6 Å². The minimum absolute atomic E-state index is 0.0656. The van der Waals surface area contributed by atoms with Crippen LogP contribution in [0.1, 0.15) is 70.3 Å². The molecule has 1 amide bonds. The molecule has 0 bridgehead atoms. The van der Waals surface area contributed by atoms with Crippen LogP contribution in [0, 0.1) is 11.8 Å². The molecular weight excluding hydrogens is 348 g/mol. The van der Waals surface area contributed by atoms with Crippen molar-refractivity contribution in [2.45, 2.75) is 76.8 Å². The Hall–Kier alpha value is -1.39. The van der Waals surface area contributed by atoms with E-state index in [4.69, 9.17) is 0 Å². The molecule has 2 heterocycles. The lowest BCUT2D eigenvalue weighted by Crippen LogP contribution is -2.50. The van der Waals surface area contributed by atoms with E-state index < -0.39 is 0 Å². The lowest BCUT2D eigenvalue weighted by molar-refractivity contribution is -0.120. The number of hydrogen-bond acceptors (Lipinski definition) is 3. The first-order chi connectivity index (χ1) is 13.6. The SMILES string of the molecule is CC(C)[C@H]1CC[C@@H](N2CCC(N3C(=O)C(CCO)c4ccccc43)CC2)CC1. The molecule has 0 aromatic heterocycles. The van der Waals surface area contributed by atoms with E-state index in [9.17, 15) is 9.90 Å². The number of carbonyl (C=O) groups is 1. The Kier molecular flexibility index (Phi) is 6.07. The van der Waals surface area contributed by atoms with Crippen molar-refractivity contribution in [2.75, 3.05) is 24.6 Å². The molecule has 0 spiro atoms. The van der Waals surface area contributed by atoms with Gasteiger partial charge in [0.25, 0.3) is 0 Å². The van der Waals surface area contributed by atoms with E-state index in [2.05, 4.69) is 35.8 Å². The van der Waals surface area contributed by atoms with Crippen LogP contribution in [-0.2, 0) is 4.79 Å². The summed E-state index contributed by atoms with van der Waals surface area (Å²) in [6.45, 7) is 7.02. The highest BCUT2D eigenvalue weighted by Crippen LogP contribution is 2.42. The van der Waals surface area contributed by atoms with Crippen molar-refractivity contribution in [3.63, 3.8) is 0 Å². The van der Waals surface area contributed by atoms with Crippen LogP contribution in [-0.4, -0.2) is 47.7 Å². The van der Waals surface area contributed by atoms with E-state index in [-0.39, 0.29) is 18.4 Å². The highest BCUT2D eigenvalue weighted by molar-refractivity contribution is 6.05. The summed E-state index contributed by atoms with van der Waals surface area (Å²) in [6.07, 6.45) is 8.11. The number of anilines is 1. The Morgan fingerprint density at radius 2 is 1.68 bits per heavy atom. The molecule has 1 N–H and O–H groups in total. The third-order valence-electron chi connectivity index (χ3n) is 7.59. The summed E-state index contributed by atoms with van der Waals surface area (Å²) < 4.78 is 0. The lowest BCUT2D eigenvalue weighted by Gasteiger charge is -2.43. The van der Waals surface area contributed by atoms with E-state index >= 15 is 0 Å². The van der Waals surface area contributed by atoms with Crippen LogP contribution in [0.15, 0.2) is 24.3 Å². The van der Waals surface area contributed by atoms with Gasteiger partial charge in [0.15, 0.2) is 0 Å². The van der Waals surface area contributed by atoms with Gasteiger partial charge in [0.1, 0.15) is 0 Å². The number of rotatable bonds is 5. The Bertz CT molecular complexity index is 673. The van der Waals surface area contributed by atoms with E-state index in [0.717, 1.165) is 55.1 Å². The van der Waals surface area contributed by atoms with Gasteiger partial charge in [-0.05, 0) is 68.4 Å². The van der Waals surface area contributed by atoms with Gasteiger partial charge >= 0.3 is 0 Å². The van der Waals surface area contributed by atoms with Crippen LogP contribution in [0.4, 0.5) is 5.69 Å². The number of nitrogens with zero attached hydrogens (tertiary/aromatic N) is 2. The van der Waals surface area contributed by atoms with Gasteiger partial charge in [-0.3, -0.25) is 4.79 Å². The molecule has 1 aliphatic carbocycles. The van der Waals surface area contributed by atoms with Crippen molar-refractivity contribution in [2.24, 2.45) is 11.8 Å². The molecule has 1 atom stereocenters. The molecule has 1 saturated heterocycles. The third-order valence-corrected chi connectivity index (χ3v) is 7.59. The van der Waals surface area contributed by atoms with E-state index in [1.807, 2.05) is 12.1 Å². The fraction of sp³-hybridized carbons (Fsp3) is 0.708. The molecule has 1 unspecified atom stereocenters. The quantitative estimate of drug-likeness (QED) is 0.828. The normalized spacial score (nSPS) is 29.5. The summed E-state index contributed by atoms with van der Waals surface area (Å²) in [5.74, 6) is 1.77. The number of amides is 1. The van der Waals surface area contributed by atoms with Crippen molar-refractivity contribution in [3.05, 3.63) is 29.8 Å². The highest BCUT2D eigenvalue weighted by atomic mass is 16.3. The van der Waals surface area contributed by atoms with Crippen LogP contribution >= 0.6 is 0 Å². The van der Waals surface area contributed by atoms with E-state index in [1.54, 1.807) is 0 Å². The minimum atomic E-state index is -0.162. The van der Waals surface area contributed by atoms with Gasteiger partial charge in [-0.1, -0.05) is 32.0 Å². The van der Waals surface area contributed by atoms with Crippen LogP contribution in [0.5, 0.6) is 0 Å². The summed E-state index contributed by atoms with van der Waals surface area (Å²) in [5.41, 5.74) is 2.19. The van der Waals surface area contributed by atoms with Gasteiger partial charge in [-0.25, -0.2) is 0 Å². The van der Waals surface area contributed by atoms with Gasteiger partial charge in [0.05, 0.1) is 5.92 Å². The number of piperidine rings is 1. The topological polar surface area (TPSA) is 43.8 Å². The second-order valence-electron chi connectivity index (χ2n) is 9.41. The summed E-state index contributed by atoms with van der Waals surface area (Å²) in [4.78, 5) is 17.9. The van der Waals surface area contributed by atoms with Crippen molar-refractivity contribution in [3.8, 4) is 0 Å². The molecule has 3 aliphatic rings. The maximum Gasteiger partial charge on any atom is 0.234 e. The molecule has 28 heavy (non-hydrogen) atoms.